The van der Waals surface area contributed by atoms with Crippen LogP contribution >= 0.6 is 0 Å². The van der Waals surface area contributed by atoms with Crippen molar-refractivity contribution in [2.75, 3.05) is 18.4 Å². The lowest BCUT2D eigenvalue weighted by Crippen LogP contribution is -2.58. The third kappa shape index (κ3) is 4.23. The summed E-state index contributed by atoms with van der Waals surface area (Å²) in [5, 5.41) is 11.5. The molecule has 1 aliphatic rings. The second-order valence-electron chi connectivity index (χ2n) is 6.59. The fraction of sp³-hybridized carbons (Fsp3) is 0.300. The predicted octanol–water partition coefficient (Wildman–Crippen LogP) is 2.53. The molecule has 138 valence electrons. The largest absolute Gasteiger partial charge is 0.335 e. The second kappa shape index (κ2) is 7.87. The molecule has 0 saturated carbocycles. The Hall–Kier alpha value is -3.40. The Morgan fingerprint density at radius 3 is 2.81 bits per heavy atom. The van der Waals surface area contributed by atoms with Gasteiger partial charge in [-0.3, -0.25) is 4.79 Å². The number of anilines is 1. The molecule has 1 atom stereocenters. The predicted molar refractivity (Wildman–Crippen MR) is 101 cm³/mol. The molecule has 0 spiro atoms. The van der Waals surface area contributed by atoms with E-state index in [2.05, 4.69) is 16.4 Å². The molecule has 0 unspecified atom stereocenters. The molecule has 1 aromatic carbocycles. The monoisotopic (exact) mass is 363 g/mol. The third-order valence-corrected chi connectivity index (χ3v) is 4.59. The van der Waals surface area contributed by atoms with Crippen molar-refractivity contribution < 1.29 is 9.59 Å². The van der Waals surface area contributed by atoms with E-state index in [1.807, 2.05) is 31.2 Å². The minimum atomic E-state index is -0.546. The van der Waals surface area contributed by atoms with Gasteiger partial charge in [-0.2, -0.15) is 5.26 Å². The molecular formula is C20H21N5O2. The van der Waals surface area contributed by atoms with E-state index in [0.717, 1.165) is 11.1 Å². The van der Waals surface area contributed by atoms with Crippen LogP contribution in [0.2, 0.25) is 0 Å². The maximum absolute atomic E-state index is 12.7. The van der Waals surface area contributed by atoms with Crippen LogP contribution in [0.4, 0.5) is 10.5 Å². The fourth-order valence-electron chi connectivity index (χ4n) is 3.12. The summed E-state index contributed by atoms with van der Waals surface area (Å²) in [6, 6.07) is 12.2. The number of urea groups is 1. The number of piperazine rings is 1. The first-order valence-corrected chi connectivity index (χ1v) is 8.76. The second-order valence-corrected chi connectivity index (χ2v) is 6.59. The molecule has 1 N–H and O–H groups in total. The Bertz CT molecular complexity index is 888. The maximum atomic E-state index is 12.7. The van der Waals surface area contributed by atoms with Gasteiger partial charge in [-0.15, -0.1) is 0 Å². The number of nitriles is 1. The number of nitrogens with one attached hydrogen (secondary N) is 1. The Morgan fingerprint density at radius 1 is 1.33 bits per heavy atom. The SMILES string of the molecule is Cc1cccc(CN2CCN(C(=O)Nc3ccc(C#N)nc3)[C@@H](C)C2=O)c1. The highest BCUT2D eigenvalue weighted by molar-refractivity contribution is 5.94. The molecule has 3 rings (SSSR count). The molecule has 0 aliphatic carbocycles. The Morgan fingerprint density at radius 2 is 2.15 bits per heavy atom. The summed E-state index contributed by atoms with van der Waals surface area (Å²) in [6.45, 7) is 5.24. The summed E-state index contributed by atoms with van der Waals surface area (Å²) >= 11 is 0. The van der Waals surface area contributed by atoms with Crippen LogP contribution in [-0.4, -0.2) is 45.9 Å². The molecule has 1 saturated heterocycles. The molecule has 7 heteroatoms. The first kappa shape index (κ1) is 18.4. The minimum absolute atomic E-state index is 0.0733. The van der Waals surface area contributed by atoms with Crippen molar-refractivity contribution in [1.29, 1.82) is 5.26 Å². The molecular weight excluding hydrogens is 342 g/mol. The summed E-state index contributed by atoms with van der Waals surface area (Å²) in [7, 11) is 0. The highest BCUT2D eigenvalue weighted by Gasteiger charge is 2.34. The van der Waals surface area contributed by atoms with Crippen molar-refractivity contribution in [2.45, 2.75) is 26.4 Å². The van der Waals surface area contributed by atoms with Crippen molar-refractivity contribution >= 4 is 17.6 Å². The van der Waals surface area contributed by atoms with Crippen molar-refractivity contribution in [1.82, 2.24) is 14.8 Å². The maximum Gasteiger partial charge on any atom is 0.322 e. The van der Waals surface area contributed by atoms with Crippen molar-refractivity contribution in [2.24, 2.45) is 0 Å². The lowest BCUT2D eigenvalue weighted by Gasteiger charge is -2.39. The molecule has 7 nitrogen and oxygen atoms in total. The highest BCUT2D eigenvalue weighted by atomic mass is 16.2. The first-order valence-electron chi connectivity index (χ1n) is 8.76. The number of hydrogen-bond donors (Lipinski definition) is 1. The number of benzene rings is 1. The topological polar surface area (TPSA) is 89.3 Å². The van der Waals surface area contributed by atoms with E-state index in [1.54, 1.807) is 17.9 Å². The number of hydrogen-bond acceptors (Lipinski definition) is 4. The molecule has 1 aromatic heterocycles. The Kier molecular flexibility index (Phi) is 5.36. The number of carbonyl (C=O) groups is 2. The lowest BCUT2D eigenvalue weighted by atomic mass is 10.1. The molecule has 2 aromatic rings. The van der Waals surface area contributed by atoms with E-state index in [4.69, 9.17) is 5.26 Å². The van der Waals surface area contributed by atoms with E-state index >= 15 is 0 Å². The number of pyridine rings is 1. The van der Waals surface area contributed by atoms with Gasteiger partial charge in [0.1, 0.15) is 17.8 Å². The molecule has 1 fully saturated rings. The average molecular weight is 363 g/mol. The van der Waals surface area contributed by atoms with E-state index in [0.29, 0.717) is 25.3 Å². The normalized spacial score (nSPS) is 16.8. The third-order valence-electron chi connectivity index (χ3n) is 4.59. The zero-order chi connectivity index (χ0) is 19.4. The summed E-state index contributed by atoms with van der Waals surface area (Å²) in [6.07, 6.45) is 1.43. The highest BCUT2D eigenvalue weighted by Crippen LogP contribution is 2.17. The van der Waals surface area contributed by atoms with Crippen molar-refractivity contribution in [3.63, 3.8) is 0 Å². The molecule has 0 radical (unpaired) electrons. The van der Waals surface area contributed by atoms with Gasteiger partial charge in [-0.1, -0.05) is 29.8 Å². The van der Waals surface area contributed by atoms with Gasteiger partial charge in [0.2, 0.25) is 5.91 Å². The quantitative estimate of drug-likeness (QED) is 0.907. The molecule has 3 amide bonds. The standard InChI is InChI=1S/C20H21N5O2/c1-14-4-3-5-16(10-14)13-24-8-9-25(15(2)19(24)26)20(27)23-18-7-6-17(11-21)22-12-18/h3-7,10,12,15H,8-9,13H2,1-2H3,(H,23,27)/t15-/m0/s1. The van der Waals surface area contributed by atoms with Crippen LogP contribution in [0.3, 0.4) is 0 Å². The van der Waals surface area contributed by atoms with Gasteiger partial charge in [-0.05, 0) is 31.5 Å². The van der Waals surface area contributed by atoms with Gasteiger partial charge in [0.25, 0.3) is 0 Å². The van der Waals surface area contributed by atoms with Gasteiger partial charge >= 0.3 is 6.03 Å². The fourth-order valence-corrected chi connectivity index (χ4v) is 3.12. The zero-order valence-electron chi connectivity index (χ0n) is 15.3. The number of aryl methyl sites for hydroxylation is 1. The first-order chi connectivity index (χ1) is 13.0. The Balaban J connectivity index is 1.63. The van der Waals surface area contributed by atoms with Gasteiger partial charge in [0, 0.05) is 19.6 Å². The smallest absolute Gasteiger partial charge is 0.322 e. The van der Waals surface area contributed by atoms with Gasteiger partial charge in [0.15, 0.2) is 0 Å². The van der Waals surface area contributed by atoms with Crippen LogP contribution in [0, 0.1) is 18.3 Å². The van der Waals surface area contributed by atoms with Crippen LogP contribution in [0.1, 0.15) is 23.7 Å². The molecule has 2 heterocycles. The molecule has 27 heavy (non-hydrogen) atoms. The van der Waals surface area contributed by atoms with Crippen molar-refractivity contribution in [3.05, 3.63) is 59.4 Å². The van der Waals surface area contributed by atoms with E-state index < -0.39 is 6.04 Å². The molecule has 0 bridgehead atoms. The Labute approximate surface area is 158 Å². The lowest BCUT2D eigenvalue weighted by molar-refractivity contribution is -0.139. The van der Waals surface area contributed by atoms with Crippen LogP contribution in [0.15, 0.2) is 42.6 Å². The van der Waals surface area contributed by atoms with Crippen LogP contribution < -0.4 is 5.32 Å². The van der Waals surface area contributed by atoms with Gasteiger partial charge in [0.05, 0.1) is 11.9 Å². The number of rotatable bonds is 3. The number of nitrogens with zero attached hydrogens (tertiary/aromatic N) is 4. The summed E-state index contributed by atoms with van der Waals surface area (Å²) < 4.78 is 0. The average Bonchev–Trinajstić information content (AvgIpc) is 2.66. The summed E-state index contributed by atoms with van der Waals surface area (Å²) in [5.74, 6) is -0.0733. The van der Waals surface area contributed by atoms with Gasteiger partial charge < -0.3 is 15.1 Å². The molecule has 1 aliphatic heterocycles. The van der Waals surface area contributed by atoms with Crippen LogP contribution in [0.25, 0.3) is 0 Å². The number of aromatic nitrogens is 1. The number of carbonyl (C=O) groups excluding carboxylic acids is 2. The summed E-state index contributed by atoms with van der Waals surface area (Å²) in [4.78, 5) is 32.5. The zero-order valence-corrected chi connectivity index (χ0v) is 15.3. The van der Waals surface area contributed by atoms with Crippen LogP contribution in [-0.2, 0) is 11.3 Å². The number of amides is 3. The van der Waals surface area contributed by atoms with Gasteiger partial charge in [-0.25, -0.2) is 9.78 Å². The van der Waals surface area contributed by atoms with E-state index in [9.17, 15) is 9.59 Å². The van der Waals surface area contributed by atoms with Crippen molar-refractivity contribution in [3.8, 4) is 6.07 Å². The van der Waals surface area contributed by atoms with Crippen LogP contribution in [0.5, 0.6) is 0 Å². The van der Waals surface area contributed by atoms with E-state index in [-0.39, 0.29) is 17.6 Å². The van der Waals surface area contributed by atoms with E-state index in [1.165, 1.54) is 17.2 Å². The summed E-state index contributed by atoms with van der Waals surface area (Å²) in [5.41, 5.74) is 3.00. The minimum Gasteiger partial charge on any atom is -0.335 e.